The summed E-state index contributed by atoms with van der Waals surface area (Å²) in [5.41, 5.74) is 0.623. The molecule has 0 aliphatic heterocycles. The molecule has 1 unspecified atom stereocenters. The first-order valence-corrected chi connectivity index (χ1v) is 5.69. The van der Waals surface area contributed by atoms with Gasteiger partial charge in [-0.1, -0.05) is 17.9 Å². The molecule has 0 heterocycles. The largest absolute Gasteiger partial charge is 0.444 e. The minimum atomic E-state index is -4.46. The van der Waals surface area contributed by atoms with E-state index >= 15 is 0 Å². The van der Waals surface area contributed by atoms with Gasteiger partial charge in [-0.2, -0.15) is 13.2 Å². The van der Waals surface area contributed by atoms with Crippen molar-refractivity contribution in [1.29, 1.82) is 0 Å². The Kier molecular flexibility index (Phi) is 5.70. The van der Waals surface area contributed by atoms with Gasteiger partial charge in [0, 0.05) is 12.0 Å². The number of aliphatic hydroxyl groups excluding tert-OH is 1. The molecule has 1 amide bonds. The van der Waals surface area contributed by atoms with E-state index in [0.29, 0.717) is 5.57 Å². The molecule has 7 heteroatoms. The molecule has 0 radical (unpaired) electrons. The van der Waals surface area contributed by atoms with Crippen molar-refractivity contribution in [2.45, 2.75) is 31.5 Å². The van der Waals surface area contributed by atoms with Crippen molar-refractivity contribution < 1.29 is 27.8 Å². The molecule has 1 aliphatic carbocycles. The lowest BCUT2D eigenvalue weighted by atomic mass is 10.1. The van der Waals surface area contributed by atoms with E-state index in [-0.39, 0.29) is 6.61 Å². The molecule has 0 bridgehead atoms. The van der Waals surface area contributed by atoms with Crippen LogP contribution in [-0.2, 0) is 4.74 Å². The maximum absolute atomic E-state index is 12.1. The van der Waals surface area contributed by atoms with Gasteiger partial charge in [0.05, 0.1) is 19.1 Å². The summed E-state index contributed by atoms with van der Waals surface area (Å²) >= 11 is 0. The average Bonchev–Trinajstić information content (AvgIpc) is 2.35. The zero-order valence-electron chi connectivity index (χ0n) is 10.1. The molecule has 0 saturated carbocycles. The molecular formula is C12H14F3NO3. The normalized spacial score (nSPS) is 15.9. The van der Waals surface area contributed by atoms with E-state index in [0.717, 1.165) is 12.8 Å². The Morgan fingerprint density at radius 2 is 2.32 bits per heavy atom. The Balaban J connectivity index is 2.34. The Labute approximate surface area is 108 Å². The van der Waals surface area contributed by atoms with Crippen LogP contribution in [0.1, 0.15) is 19.3 Å². The highest BCUT2D eigenvalue weighted by Gasteiger charge is 2.32. The van der Waals surface area contributed by atoms with Crippen LogP contribution in [0.25, 0.3) is 0 Å². The fourth-order valence-corrected chi connectivity index (χ4v) is 1.43. The number of hydrogen-bond donors (Lipinski definition) is 2. The van der Waals surface area contributed by atoms with Crippen molar-refractivity contribution in [3.05, 3.63) is 11.6 Å². The van der Waals surface area contributed by atoms with E-state index in [1.807, 2.05) is 11.4 Å². The zero-order chi connectivity index (χ0) is 14.3. The minimum Gasteiger partial charge on any atom is -0.444 e. The number of carbonyl (C=O) groups is 1. The SMILES string of the molecule is O=C(NC(CO)CC(F)(F)F)OCC1=CCCC#C1. The molecule has 0 aromatic rings. The number of ether oxygens (including phenoxy) is 1. The number of alkyl carbamates (subject to hydrolysis) is 1. The number of halogens is 3. The van der Waals surface area contributed by atoms with E-state index in [4.69, 9.17) is 9.84 Å². The predicted molar refractivity (Wildman–Crippen MR) is 61.1 cm³/mol. The third-order valence-electron chi connectivity index (χ3n) is 2.29. The zero-order valence-corrected chi connectivity index (χ0v) is 10.1. The lowest BCUT2D eigenvalue weighted by molar-refractivity contribution is -0.141. The van der Waals surface area contributed by atoms with E-state index < -0.39 is 31.3 Å². The highest BCUT2D eigenvalue weighted by molar-refractivity contribution is 5.68. The number of amides is 1. The van der Waals surface area contributed by atoms with Crippen LogP contribution in [-0.4, -0.2) is 36.6 Å². The molecule has 0 fully saturated rings. The van der Waals surface area contributed by atoms with Gasteiger partial charge in [-0.3, -0.25) is 0 Å². The smallest absolute Gasteiger partial charge is 0.407 e. The van der Waals surface area contributed by atoms with Crippen molar-refractivity contribution in [3.8, 4) is 11.8 Å². The first-order chi connectivity index (χ1) is 8.90. The Morgan fingerprint density at radius 3 is 2.84 bits per heavy atom. The second kappa shape index (κ2) is 7.04. The Morgan fingerprint density at radius 1 is 1.58 bits per heavy atom. The lowest BCUT2D eigenvalue weighted by Gasteiger charge is -2.17. The molecule has 4 nitrogen and oxygen atoms in total. The standard InChI is InChI=1S/C12H14F3NO3/c13-12(14,15)6-10(7-17)16-11(18)19-8-9-4-2-1-3-5-9/h4,10,17H,1-2,6-8H2,(H,16,18). The van der Waals surface area contributed by atoms with Crippen molar-refractivity contribution in [3.63, 3.8) is 0 Å². The minimum absolute atomic E-state index is 0.0804. The first kappa shape index (κ1) is 15.4. The molecule has 0 aromatic heterocycles. The number of hydrogen-bond acceptors (Lipinski definition) is 3. The van der Waals surface area contributed by atoms with Gasteiger partial charge in [-0.15, -0.1) is 0 Å². The Bertz CT molecular complexity index is 407. The van der Waals surface area contributed by atoms with Gasteiger partial charge in [0.15, 0.2) is 0 Å². The number of aliphatic hydroxyl groups is 1. The van der Waals surface area contributed by atoms with Crippen LogP contribution in [0.15, 0.2) is 11.6 Å². The summed E-state index contributed by atoms with van der Waals surface area (Å²) in [6.07, 6.45) is -3.45. The number of rotatable bonds is 5. The molecular weight excluding hydrogens is 263 g/mol. The van der Waals surface area contributed by atoms with Crippen molar-refractivity contribution in [1.82, 2.24) is 5.32 Å². The number of nitrogens with one attached hydrogen (secondary N) is 1. The maximum atomic E-state index is 12.1. The van der Waals surface area contributed by atoms with E-state index in [9.17, 15) is 18.0 Å². The predicted octanol–water partition coefficient (Wildman–Crippen LogP) is 1.75. The molecule has 0 aromatic carbocycles. The van der Waals surface area contributed by atoms with Crippen LogP contribution in [0, 0.1) is 11.8 Å². The van der Waals surface area contributed by atoms with Crippen LogP contribution in [0.2, 0.25) is 0 Å². The van der Waals surface area contributed by atoms with E-state index in [1.54, 1.807) is 0 Å². The van der Waals surface area contributed by atoms with Crippen molar-refractivity contribution >= 4 is 6.09 Å². The molecule has 2 N–H and O–H groups in total. The molecule has 106 valence electrons. The summed E-state index contributed by atoms with van der Waals surface area (Å²) in [7, 11) is 0. The molecule has 0 saturated heterocycles. The van der Waals surface area contributed by atoms with Crippen LogP contribution in [0.5, 0.6) is 0 Å². The highest BCUT2D eigenvalue weighted by atomic mass is 19.4. The third kappa shape index (κ3) is 6.72. The molecule has 1 rings (SSSR count). The van der Waals surface area contributed by atoms with Gasteiger partial charge in [0.2, 0.25) is 0 Å². The quantitative estimate of drug-likeness (QED) is 0.753. The van der Waals surface area contributed by atoms with Crippen molar-refractivity contribution in [2.75, 3.05) is 13.2 Å². The molecule has 19 heavy (non-hydrogen) atoms. The molecule has 1 aliphatic rings. The summed E-state index contributed by atoms with van der Waals surface area (Å²) in [6.45, 7) is -0.889. The van der Waals surface area contributed by atoms with Crippen LogP contribution < -0.4 is 5.32 Å². The van der Waals surface area contributed by atoms with Gasteiger partial charge >= 0.3 is 12.3 Å². The van der Waals surface area contributed by atoms with E-state index in [2.05, 4.69) is 11.8 Å². The third-order valence-corrected chi connectivity index (χ3v) is 2.29. The number of alkyl halides is 3. The monoisotopic (exact) mass is 277 g/mol. The number of carbonyl (C=O) groups excluding carboxylic acids is 1. The molecule has 0 spiro atoms. The average molecular weight is 277 g/mol. The van der Waals surface area contributed by atoms with Crippen LogP contribution in [0.3, 0.4) is 0 Å². The van der Waals surface area contributed by atoms with Gasteiger partial charge in [0.1, 0.15) is 6.61 Å². The van der Waals surface area contributed by atoms with Gasteiger partial charge < -0.3 is 15.2 Å². The fraction of sp³-hybridized carbons (Fsp3) is 0.583. The van der Waals surface area contributed by atoms with Crippen molar-refractivity contribution in [2.24, 2.45) is 0 Å². The number of allylic oxidation sites excluding steroid dienone is 1. The van der Waals surface area contributed by atoms with Crippen LogP contribution >= 0.6 is 0 Å². The summed E-state index contributed by atoms with van der Waals surface area (Å²) in [5, 5.41) is 10.7. The highest BCUT2D eigenvalue weighted by Crippen LogP contribution is 2.21. The van der Waals surface area contributed by atoms with Gasteiger partial charge in [-0.05, 0) is 6.42 Å². The van der Waals surface area contributed by atoms with Crippen LogP contribution in [0.4, 0.5) is 18.0 Å². The fourth-order valence-electron chi connectivity index (χ4n) is 1.43. The van der Waals surface area contributed by atoms with E-state index in [1.165, 1.54) is 0 Å². The lowest BCUT2D eigenvalue weighted by Crippen LogP contribution is -2.41. The second-order valence-electron chi connectivity index (χ2n) is 3.99. The first-order valence-electron chi connectivity index (χ1n) is 5.69. The summed E-state index contributed by atoms with van der Waals surface area (Å²) in [6, 6.07) is -1.40. The molecule has 1 atom stereocenters. The Hall–Kier alpha value is -1.68. The maximum Gasteiger partial charge on any atom is 0.407 e. The van der Waals surface area contributed by atoms with Gasteiger partial charge in [-0.25, -0.2) is 4.79 Å². The van der Waals surface area contributed by atoms with Gasteiger partial charge in [0.25, 0.3) is 0 Å². The second-order valence-corrected chi connectivity index (χ2v) is 3.99. The summed E-state index contributed by atoms with van der Waals surface area (Å²) in [5.74, 6) is 5.58. The topological polar surface area (TPSA) is 58.6 Å². The summed E-state index contributed by atoms with van der Waals surface area (Å²) < 4.78 is 41.0. The summed E-state index contributed by atoms with van der Waals surface area (Å²) in [4.78, 5) is 11.3.